The zero-order chi connectivity index (χ0) is 18.7. The zero-order valence-corrected chi connectivity index (χ0v) is 15.9. The summed E-state index contributed by atoms with van der Waals surface area (Å²) in [7, 11) is 0. The SMILES string of the molecule is CC(O)C(CCOc1ccc2cc(Br)ccc2c1)n1cnc(C(N)=O)c1. The van der Waals surface area contributed by atoms with E-state index in [9.17, 15) is 9.90 Å². The third-order valence-electron chi connectivity index (χ3n) is 4.25. The maximum absolute atomic E-state index is 11.2. The van der Waals surface area contributed by atoms with Gasteiger partial charge in [0.1, 0.15) is 11.4 Å². The molecule has 1 aromatic heterocycles. The minimum atomic E-state index is -0.623. The lowest BCUT2D eigenvalue weighted by atomic mass is 10.1. The number of amides is 1. The molecule has 2 atom stereocenters. The van der Waals surface area contributed by atoms with Gasteiger partial charge < -0.3 is 20.1 Å². The molecule has 136 valence electrons. The molecule has 0 radical (unpaired) electrons. The van der Waals surface area contributed by atoms with Crippen LogP contribution in [0.3, 0.4) is 0 Å². The molecule has 26 heavy (non-hydrogen) atoms. The lowest BCUT2D eigenvalue weighted by Gasteiger charge is -2.21. The summed E-state index contributed by atoms with van der Waals surface area (Å²) < 4.78 is 8.59. The summed E-state index contributed by atoms with van der Waals surface area (Å²) in [5.74, 6) is 0.180. The van der Waals surface area contributed by atoms with E-state index in [1.807, 2.05) is 30.3 Å². The van der Waals surface area contributed by atoms with E-state index >= 15 is 0 Å². The number of benzene rings is 2. The Hall–Kier alpha value is -2.38. The second-order valence-electron chi connectivity index (χ2n) is 6.17. The van der Waals surface area contributed by atoms with Gasteiger partial charge in [-0.05, 0) is 42.0 Å². The summed E-state index contributed by atoms with van der Waals surface area (Å²) in [6, 6.07) is 11.7. The van der Waals surface area contributed by atoms with Crippen molar-refractivity contribution < 1.29 is 14.6 Å². The normalized spacial score (nSPS) is 13.5. The van der Waals surface area contributed by atoms with Gasteiger partial charge >= 0.3 is 0 Å². The van der Waals surface area contributed by atoms with Crippen LogP contribution in [0.1, 0.15) is 29.9 Å². The van der Waals surface area contributed by atoms with Crippen LogP contribution in [-0.4, -0.2) is 33.3 Å². The Labute approximate surface area is 159 Å². The van der Waals surface area contributed by atoms with Crippen LogP contribution in [0.4, 0.5) is 0 Å². The fourth-order valence-electron chi connectivity index (χ4n) is 2.87. The number of imidazole rings is 1. The standard InChI is InChI=1S/C19H20BrN3O3/c1-12(24)18(23-10-17(19(21)25)22-11-23)6-7-26-16-5-3-13-8-15(20)4-2-14(13)9-16/h2-5,8-12,18,24H,6-7H2,1H3,(H2,21,25). The molecule has 2 unspecified atom stereocenters. The maximum Gasteiger partial charge on any atom is 0.268 e. The molecule has 0 aliphatic heterocycles. The number of halogens is 1. The van der Waals surface area contributed by atoms with Crippen molar-refractivity contribution in [1.82, 2.24) is 9.55 Å². The van der Waals surface area contributed by atoms with Crippen LogP contribution < -0.4 is 10.5 Å². The number of nitrogens with zero attached hydrogens (tertiary/aromatic N) is 2. The monoisotopic (exact) mass is 417 g/mol. The zero-order valence-electron chi connectivity index (χ0n) is 14.3. The van der Waals surface area contributed by atoms with Gasteiger partial charge in [0.2, 0.25) is 0 Å². The Morgan fingerprint density at radius 2 is 2.04 bits per heavy atom. The van der Waals surface area contributed by atoms with Crippen LogP contribution in [0, 0.1) is 0 Å². The number of rotatable bonds is 7. The number of carbonyl (C=O) groups excluding carboxylic acids is 1. The molecule has 7 heteroatoms. The molecule has 6 nitrogen and oxygen atoms in total. The van der Waals surface area contributed by atoms with Crippen molar-refractivity contribution in [3.05, 3.63) is 59.1 Å². The van der Waals surface area contributed by atoms with E-state index in [1.165, 1.54) is 6.33 Å². The molecule has 1 heterocycles. The van der Waals surface area contributed by atoms with E-state index in [1.54, 1.807) is 17.7 Å². The van der Waals surface area contributed by atoms with Crippen LogP contribution in [0.15, 0.2) is 53.4 Å². The van der Waals surface area contributed by atoms with Crippen molar-refractivity contribution in [3.8, 4) is 5.75 Å². The van der Waals surface area contributed by atoms with E-state index in [0.29, 0.717) is 13.0 Å². The van der Waals surface area contributed by atoms with Gasteiger partial charge in [-0.15, -0.1) is 0 Å². The lowest BCUT2D eigenvalue weighted by Crippen LogP contribution is -2.23. The van der Waals surface area contributed by atoms with Crippen LogP contribution >= 0.6 is 15.9 Å². The van der Waals surface area contributed by atoms with Gasteiger partial charge in [-0.3, -0.25) is 4.79 Å². The van der Waals surface area contributed by atoms with Crippen molar-refractivity contribution in [1.29, 1.82) is 0 Å². The van der Waals surface area contributed by atoms with E-state index < -0.39 is 12.0 Å². The highest BCUT2D eigenvalue weighted by Gasteiger charge is 2.18. The number of nitrogens with two attached hydrogens (primary N) is 1. The van der Waals surface area contributed by atoms with Crippen molar-refractivity contribution in [3.63, 3.8) is 0 Å². The van der Waals surface area contributed by atoms with Crippen LogP contribution in [-0.2, 0) is 0 Å². The van der Waals surface area contributed by atoms with Crippen molar-refractivity contribution in [2.24, 2.45) is 5.73 Å². The second kappa shape index (κ2) is 7.88. The summed E-state index contributed by atoms with van der Waals surface area (Å²) in [6.07, 6.45) is 2.99. The number of aliphatic hydroxyl groups excluding tert-OH is 1. The Bertz CT molecular complexity index is 923. The lowest BCUT2D eigenvalue weighted by molar-refractivity contribution is 0.0993. The van der Waals surface area contributed by atoms with Crippen LogP contribution in [0.25, 0.3) is 10.8 Å². The Balaban J connectivity index is 1.66. The molecular weight excluding hydrogens is 398 g/mol. The molecule has 3 aromatic rings. The van der Waals surface area contributed by atoms with Gasteiger partial charge in [0, 0.05) is 17.1 Å². The third-order valence-corrected chi connectivity index (χ3v) is 4.74. The minimum Gasteiger partial charge on any atom is -0.493 e. The van der Waals surface area contributed by atoms with E-state index in [2.05, 4.69) is 27.0 Å². The topological polar surface area (TPSA) is 90.4 Å². The average Bonchev–Trinajstić information content (AvgIpc) is 3.08. The van der Waals surface area contributed by atoms with Gasteiger partial charge in [0.25, 0.3) is 5.91 Å². The molecule has 2 aromatic carbocycles. The molecular formula is C19H20BrN3O3. The molecule has 0 fully saturated rings. The average molecular weight is 418 g/mol. The Morgan fingerprint density at radius 1 is 1.31 bits per heavy atom. The smallest absolute Gasteiger partial charge is 0.268 e. The van der Waals surface area contributed by atoms with Gasteiger partial charge in [-0.1, -0.05) is 28.1 Å². The quantitative estimate of drug-likeness (QED) is 0.616. The summed E-state index contributed by atoms with van der Waals surface area (Å²) in [4.78, 5) is 15.1. The van der Waals surface area contributed by atoms with Gasteiger partial charge in [-0.25, -0.2) is 4.98 Å². The summed E-state index contributed by atoms with van der Waals surface area (Å²) in [5, 5.41) is 12.3. The fraction of sp³-hybridized carbons (Fsp3) is 0.263. The highest BCUT2D eigenvalue weighted by molar-refractivity contribution is 9.10. The van der Waals surface area contributed by atoms with Gasteiger partial charge in [-0.2, -0.15) is 0 Å². The third kappa shape index (κ3) is 4.23. The maximum atomic E-state index is 11.2. The van der Waals surface area contributed by atoms with E-state index in [-0.39, 0.29) is 11.7 Å². The molecule has 0 saturated carbocycles. The van der Waals surface area contributed by atoms with Crippen molar-refractivity contribution in [2.45, 2.75) is 25.5 Å². The largest absolute Gasteiger partial charge is 0.493 e. The molecule has 0 aliphatic rings. The number of fused-ring (bicyclic) bond motifs is 1. The summed E-state index contributed by atoms with van der Waals surface area (Å²) in [5.41, 5.74) is 5.41. The predicted octanol–water partition coefficient (Wildman–Crippen LogP) is 3.29. The second-order valence-corrected chi connectivity index (χ2v) is 7.08. The number of hydrogen-bond donors (Lipinski definition) is 2. The molecule has 3 N–H and O–H groups in total. The molecule has 0 bridgehead atoms. The molecule has 3 rings (SSSR count). The molecule has 0 saturated heterocycles. The number of primary amides is 1. The van der Waals surface area contributed by atoms with E-state index in [0.717, 1.165) is 21.0 Å². The molecule has 1 amide bonds. The van der Waals surface area contributed by atoms with Crippen LogP contribution in [0.2, 0.25) is 0 Å². The first kappa shape index (κ1) is 18.4. The molecule has 0 aliphatic carbocycles. The highest BCUT2D eigenvalue weighted by Crippen LogP contribution is 2.25. The van der Waals surface area contributed by atoms with E-state index in [4.69, 9.17) is 10.5 Å². The first-order valence-corrected chi connectivity index (χ1v) is 9.07. The molecule has 0 spiro atoms. The van der Waals surface area contributed by atoms with Crippen molar-refractivity contribution >= 4 is 32.6 Å². The number of aromatic nitrogens is 2. The summed E-state index contributed by atoms with van der Waals surface area (Å²) in [6.45, 7) is 2.12. The number of carbonyl (C=O) groups is 1. The fourth-order valence-corrected chi connectivity index (χ4v) is 3.25. The van der Waals surface area contributed by atoms with Gasteiger partial charge in [0.05, 0.1) is 25.1 Å². The van der Waals surface area contributed by atoms with Gasteiger partial charge in [0.15, 0.2) is 0 Å². The van der Waals surface area contributed by atoms with Crippen LogP contribution in [0.5, 0.6) is 5.75 Å². The first-order chi connectivity index (χ1) is 12.4. The Morgan fingerprint density at radius 3 is 2.73 bits per heavy atom. The first-order valence-electron chi connectivity index (χ1n) is 8.27. The Kier molecular flexibility index (Phi) is 5.58. The number of aliphatic hydroxyl groups is 1. The predicted molar refractivity (Wildman–Crippen MR) is 103 cm³/mol. The minimum absolute atomic E-state index is 0.178. The summed E-state index contributed by atoms with van der Waals surface area (Å²) >= 11 is 3.46. The van der Waals surface area contributed by atoms with Crippen molar-refractivity contribution in [2.75, 3.05) is 6.61 Å². The highest BCUT2D eigenvalue weighted by atomic mass is 79.9. The number of hydrogen-bond acceptors (Lipinski definition) is 4. The number of ether oxygens (including phenoxy) is 1.